The number of benzene rings is 1. The highest BCUT2D eigenvalue weighted by molar-refractivity contribution is 5.76. The molecule has 7 heteroatoms. The Balaban J connectivity index is 1.78. The topological polar surface area (TPSA) is 96.9 Å². The summed E-state index contributed by atoms with van der Waals surface area (Å²) in [6, 6.07) is 7.26. The van der Waals surface area contributed by atoms with Crippen LogP contribution in [0.4, 0.5) is 4.79 Å². The second kappa shape index (κ2) is 9.60. The molecule has 0 aliphatic carbocycles. The summed E-state index contributed by atoms with van der Waals surface area (Å²) in [6.45, 7) is 6.87. The number of carbonyl (C=O) groups is 2. The summed E-state index contributed by atoms with van der Waals surface area (Å²) in [5.41, 5.74) is 0.174. The highest BCUT2D eigenvalue weighted by atomic mass is 16.6. The lowest BCUT2D eigenvalue weighted by Gasteiger charge is -2.22. The van der Waals surface area contributed by atoms with E-state index >= 15 is 0 Å². The second-order valence-electron chi connectivity index (χ2n) is 7.83. The second-order valence-corrected chi connectivity index (χ2v) is 7.83. The number of aliphatic hydroxyl groups excluding tert-OH is 1. The minimum atomic E-state index is -0.719. The summed E-state index contributed by atoms with van der Waals surface area (Å²) >= 11 is 0. The van der Waals surface area contributed by atoms with Crippen molar-refractivity contribution in [1.29, 1.82) is 0 Å². The van der Waals surface area contributed by atoms with E-state index in [2.05, 4.69) is 10.6 Å². The van der Waals surface area contributed by atoms with Crippen molar-refractivity contribution < 1.29 is 24.2 Å². The predicted octanol–water partition coefficient (Wildman–Crippen LogP) is 2.54. The third kappa shape index (κ3) is 7.86. The van der Waals surface area contributed by atoms with Crippen molar-refractivity contribution in [3.05, 3.63) is 29.8 Å². The smallest absolute Gasteiger partial charge is 0.407 e. The van der Waals surface area contributed by atoms with E-state index in [0.717, 1.165) is 12.0 Å². The number of rotatable bonds is 7. The number of ether oxygens (including phenoxy) is 2. The zero-order valence-corrected chi connectivity index (χ0v) is 16.3. The van der Waals surface area contributed by atoms with E-state index in [1.807, 2.05) is 18.2 Å². The molecule has 1 aromatic rings. The summed E-state index contributed by atoms with van der Waals surface area (Å²) in [7, 11) is 0. The van der Waals surface area contributed by atoms with Crippen LogP contribution in [0.25, 0.3) is 0 Å². The molecule has 1 aliphatic rings. The molecule has 0 aromatic heterocycles. The molecular formula is C20H30N2O5. The number of alkyl carbamates (subject to hydrolysis) is 1. The fourth-order valence-corrected chi connectivity index (χ4v) is 2.81. The largest absolute Gasteiger partial charge is 0.493 e. The molecule has 27 heavy (non-hydrogen) atoms. The third-order valence-corrected chi connectivity index (χ3v) is 4.16. The van der Waals surface area contributed by atoms with E-state index in [-0.39, 0.29) is 11.8 Å². The summed E-state index contributed by atoms with van der Waals surface area (Å²) in [6.07, 6.45) is 0.543. The first-order valence-electron chi connectivity index (χ1n) is 9.37. The molecule has 2 rings (SSSR count). The lowest BCUT2D eigenvalue weighted by atomic mass is 9.99. The lowest BCUT2D eigenvalue weighted by molar-refractivity contribution is -0.123. The lowest BCUT2D eigenvalue weighted by Crippen LogP contribution is -2.35. The molecule has 1 heterocycles. The van der Waals surface area contributed by atoms with Crippen molar-refractivity contribution in [2.45, 2.75) is 51.7 Å². The maximum atomic E-state index is 11.6. The predicted molar refractivity (Wildman–Crippen MR) is 101 cm³/mol. The van der Waals surface area contributed by atoms with Crippen LogP contribution in [0.3, 0.4) is 0 Å². The highest BCUT2D eigenvalue weighted by Crippen LogP contribution is 2.23. The van der Waals surface area contributed by atoms with Crippen LogP contribution in [-0.4, -0.2) is 42.4 Å². The van der Waals surface area contributed by atoms with Gasteiger partial charge in [-0.15, -0.1) is 0 Å². The molecule has 1 unspecified atom stereocenters. The van der Waals surface area contributed by atoms with Crippen LogP contribution in [0.2, 0.25) is 0 Å². The van der Waals surface area contributed by atoms with Crippen molar-refractivity contribution in [2.75, 3.05) is 19.7 Å². The van der Waals surface area contributed by atoms with E-state index < -0.39 is 17.8 Å². The number of hydrogen-bond acceptors (Lipinski definition) is 5. The van der Waals surface area contributed by atoms with Gasteiger partial charge in [-0.2, -0.15) is 0 Å². The van der Waals surface area contributed by atoms with Crippen LogP contribution in [0, 0.1) is 5.92 Å². The number of piperidine rings is 1. The van der Waals surface area contributed by atoms with Gasteiger partial charge >= 0.3 is 6.09 Å². The molecule has 0 spiro atoms. The first-order valence-corrected chi connectivity index (χ1v) is 9.37. The van der Waals surface area contributed by atoms with Crippen LogP contribution in [0.5, 0.6) is 5.75 Å². The molecule has 2 atom stereocenters. The fourth-order valence-electron chi connectivity index (χ4n) is 2.81. The average Bonchev–Trinajstić information content (AvgIpc) is 2.58. The molecule has 1 saturated heterocycles. The van der Waals surface area contributed by atoms with Gasteiger partial charge < -0.3 is 25.2 Å². The molecule has 1 aliphatic heterocycles. The summed E-state index contributed by atoms with van der Waals surface area (Å²) in [4.78, 5) is 23.0. The van der Waals surface area contributed by atoms with Gasteiger partial charge in [0.1, 0.15) is 11.4 Å². The summed E-state index contributed by atoms with van der Waals surface area (Å²) in [5, 5.41) is 15.8. The van der Waals surface area contributed by atoms with Crippen LogP contribution < -0.4 is 15.4 Å². The Kier molecular flexibility index (Phi) is 7.47. The van der Waals surface area contributed by atoms with Gasteiger partial charge in [-0.05, 0) is 51.3 Å². The average molecular weight is 378 g/mol. The Hall–Kier alpha value is -2.28. The Bertz CT molecular complexity index is 642. The molecule has 150 valence electrons. The van der Waals surface area contributed by atoms with Crippen molar-refractivity contribution in [1.82, 2.24) is 10.6 Å². The van der Waals surface area contributed by atoms with E-state index in [9.17, 15) is 14.7 Å². The van der Waals surface area contributed by atoms with E-state index in [1.165, 1.54) is 0 Å². The number of nitrogens with one attached hydrogen (secondary N) is 2. The molecule has 1 fully saturated rings. The third-order valence-electron chi connectivity index (χ3n) is 4.16. The molecule has 0 radical (unpaired) electrons. The minimum Gasteiger partial charge on any atom is -0.493 e. The molecule has 1 aromatic carbocycles. The Morgan fingerprint density at radius 1 is 1.41 bits per heavy atom. The maximum Gasteiger partial charge on any atom is 0.407 e. The normalized spacial score (nSPS) is 18.4. The fraction of sp³-hybridized carbons (Fsp3) is 0.600. The van der Waals surface area contributed by atoms with Crippen molar-refractivity contribution >= 4 is 12.0 Å². The zero-order chi connectivity index (χ0) is 19.9. The minimum absolute atomic E-state index is 0.0662. The molecule has 0 bridgehead atoms. The monoisotopic (exact) mass is 378 g/mol. The first-order chi connectivity index (χ1) is 12.7. The van der Waals surface area contributed by atoms with Gasteiger partial charge in [0.15, 0.2) is 0 Å². The molecule has 3 N–H and O–H groups in total. The quantitative estimate of drug-likeness (QED) is 0.677. The summed E-state index contributed by atoms with van der Waals surface area (Å²) < 4.78 is 11.0. The molecular weight excluding hydrogens is 348 g/mol. The van der Waals surface area contributed by atoms with E-state index in [4.69, 9.17) is 9.47 Å². The highest BCUT2D eigenvalue weighted by Gasteiger charge is 2.20. The van der Waals surface area contributed by atoms with Crippen molar-refractivity contribution in [2.24, 2.45) is 5.92 Å². The van der Waals surface area contributed by atoms with Gasteiger partial charge in [0.2, 0.25) is 5.91 Å². The Morgan fingerprint density at radius 3 is 2.89 bits per heavy atom. The van der Waals surface area contributed by atoms with Gasteiger partial charge in [0.25, 0.3) is 0 Å². The number of hydrogen-bond donors (Lipinski definition) is 3. The van der Waals surface area contributed by atoms with Gasteiger partial charge in [0, 0.05) is 25.4 Å². The maximum absolute atomic E-state index is 11.6. The number of aliphatic hydroxyl groups is 1. The van der Waals surface area contributed by atoms with Gasteiger partial charge in [-0.25, -0.2) is 4.79 Å². The number of amides is 2. The Morgan fingerprint density at radius 2 is 2.19 bits per heavy atom. The Labute approximate surface area is 160 Å². The van der Waals surface area contributed by atoms with Gasteiger partial charge in [-0.3, -0.25) is 4.79 Å². The summed E-state index contributed by atoms with van der Waals surface area (Å²) in [5.74, 6) is 0.944. The SMILES string of the molecule is CC(C)(C)OC(=O)NCC[C@@H](O)c1cccc(OCC2CCNC(=O)C2)c1. The van der Waals surface area contributed by atoms with Crippen LogP contribution in [0.1, 0.15) is 51.7 Å². The molecule has 0 saturated carbocycles. The van der Waals surface area contributed by atoms with Gasteiger partial charge in [0.05, 0.1) is 12.7 Å². The van der Waals surface area contributed by atoms with E-state index in [0.29, 0.717) is 38.3 Å². The van der Waals surface area contributed by atoms with Gasteiger partial charge in [-0.1, -0.05) is 12.1 Å². The van der Waals surface area contributed by atoms with Crippen LogP contribution in [0.15, 0.2) is 24.3 Å². The zero-order valence-electron chi connectivity index (χ0n) is 16.3. The standard InChI is InChI=1S/C20H30N2O5/c1-20(2,3)27-19(25)22-10-8-17(23)15-5-4-6-16(12-15)26-13-14-7-9-21-18(24)11-14/h4-6,12,14,17,23H,7-11,13H2,1-3H3,(H,21,24)(H,22,25)/t14?,17-/m1/s1. The number of carbonyl (C=O) groups excluding carboxylic acids is 2. The van der Waals surface area contributed by atoms with Crippen molar-refractivity contribution in [3.8, 4) is 5.75 Å². The van der Waals surface area contributed by atoms with Crippen molar-refractivity contribution in [3.63, 3.8) is 0 Å². The molecule has 7 nitrogen and oxygen atoms in total. The van der Waals surface area contributed by atoms with Crippen LogP contribution in [-0.2, 0) is 9.53 Å². The first kappa shape index (κ1) is 21.0. The van der Waals surface area contributed by atoms with E-state index in [1.54, 1.807) is 26.8 Å². The van der Waals surface area contributed by atoms with Crippen LogP contribution >= 0.6 is 0 Å². The molecule has 2 amide bonds.